The summed E-state index contributed by atoms with van der Waals surface area (Å²) in [5, 5.41) is 7.86. The van der Waals surface area contributed by atoms with Crippen LogP contribution >= 0.6 is 0 Å². The Morgan fingerprint density at radius 2 is 1.73 bits per heavy atom. The van der Waals surface area contributed by atoms with E-state index in [1.54, 1.807) is 13.8 Å². The summed E-state index contributed by atoms with van der Waals surface area (Å²) in [4.78, 5) is 51.7. The van der Waals surface area contributed by atoms with Crippen LogP contribution in [0.5, 0.6) is 0 Å². The summed E-state index contributed by atoms with van der Waals surface area (Å²) in [6.07, 6.45) is 9.45. The molecule has 3 atom stereocenters. The van der Waals surface area contributed by atoms with Gasteiger partial charge in [-0.3, -0.25) is 24.1 Å². The number of epoxide rings is 1. The van der Waals surface area contributed by atoms with E-state index in [1.807, 2.05) is 35.2 Å². The first-order valence-electron chi connectivity index (χ1n) is 13.9. The summed E-state index contributed by atoms with van der Waals surface area (Å²) >= 11 is 0. The van der Waals surface area contributed by atoms with Crippen LogP contribution in [0.15, 0.2) is 54.1 Å². The number of carbonyl (C=O) groups excluding carboxylic acids is 4. The number of hydrogen-bond acceptors (Lipinski definition) is 7. The maximum Gasteiger partial charge on any atom is 0.242 e. The summed E-state index contributed by atoms with van der Waals surface area (Å²) in [5.41, 5.74) is 1.43. The maximum atomic E-state index is 12.8. The first-order valence-corrected chi connectivity index (χ1v) is 13.9. The Morgan fingerprint density at radius 1 is 1.02 bits per heavy atom. The number of ketones is 1. The highest BCUT2D eigenvalue weighted by atomic mass is 16.6. The molecule has 3 N–H and O–H groups in total. The lowest BCUT2D eigenvalue weighted by molar-refractivity contribution is -0.132. The number of nitrogens with zero attached hydrogens (tertiary/aromatic N) is 1. The van der Waals surface area contributed by atoms with E-state index in [2.05, 4.69) is 41.1 Å². The fraction of sp³-hybridized carbons (Fsp3) is 0.533. The number of nitrogens with one attached hydrogen (secondary N) is 3. The van der Waals surface area contributed by atoms with Gasteiger partial charge < -0.3 is 25.4 Å². The Kier molecular flexibility index (Phi) is 12.0. The van der Waals surface area contributed by atoms with Gasteiger partial charge >= 0.3 is 0 Å². The zero-order valence-electron chi connectivity index (χ0n) is 23.7. The SMILES string of the molecule is CC(NC(=O)CN1CCOCC1)C(=O)NCC(=O)NC(Cc1ccccc1)C(=O)[C@@]1(C)CO1.CC1=CCCC=C1. The summed E-state index contributed by atoms with van der Waals surface area (Å²) in [6.45, 7) is 8.09. The number of benzene rings is 1. The minimum atomic E-state index is -0.880. The van der Waals surface area contributed by atoms with Crippen molar-refractivity contribution in [1.82, 2.24) is 20.9 Å². The molecule has 10 heteroatoms. The van der Waals surface area contributed by atoms with Gasteiger partial charge in [0.2, 0.25) is 17.7 Å². The third-order valence-electron chi connectivity index (χ3n) is 6.88. The molecule has 4 rings (SSSR count). The molecule has 0 spiro atoms. The lowest BCUT2D eigenvalue weighted by atomic mass is 9.95. The summed E-state index contributed by atoms with van der Waals surface area (Å²) in [7, 11) is 0. The van der Waals surface area contributed by atoms with Crippen LogP contribution in [0.1, 0.15) is 39.2 Å². The molecule has 1 aliphatic carbocycles. The molecule has 1 aromatic carbocycles. The van der Waals surface area contributed by atoms with Crippen molar-refractivity contribution in [2.75, 3.05) is 46.0 Å². The highest BCUT2D eigenvalue weighted by Gasteiger charge is 2.50. The van der Waals surface area contributed by atoms with E-state index in [4.69, 9.17) is 9.47 Å². The Hall–Kier alpha value is -3.34. The van der Waals surface area contributed by atoms with Crippen molar-refractivity contribution in [3.05, 3.63) is 59.7 Å². The monoisotopic (exact) mass is 554 g/mol. The summed E-state index contributed by atoms with van der Waals surface area (Å²) in [5.74, 6) is -1.44. The molecule has 0 bridgehead atoms. The molecular weight excluding hydrogens is 512 g/mol. The van der Waals surface area contributed by atoms with Crippen LogP contribution in [0.4, 0.5) is 0 Å². The van der Waals surface area contributed by atoms with Gasteiger partial charge in [-0.05, 0) is 45.6 Å². The zero-order chi connectivity index (χ0) is 29.0. The molecule has 1 aromatic rings. The van der Waals surface area contributed by atoms with Gasteiger partial charge in [-0.1, -0.05) is 54.1 Å². The number of amides is 3. The van der Waals surface area contributed by atoms with Crippen molar-refractivity contribution in [2.45, 2.75) is 57.7 Å². The largest absolute Gasteiger partial charge is 0.379 e. The Bertz CT molecular complexity index is 1080. The maximum absolute atomic E-state index is 12.8. The van der Waals surface area contributed by atoms with Crippen molar-refractivity contribution >= 4 is 23.5 Å². The van der Waals surface area contributed by atoms with E-state index in [-0.39, 0.29) is 24.8 Å². The lowest BCUT2D eigenvalue weighted by Crippen LogP contribution is -2.53. The van der Waals surface area contributed by atoms with Crippen LogP contribution in [-0.2, 0) is 35.1 Å². The standard InChI is InChI=1S/C23H32N4O6.C7H10/c1-16(25-20(29)14-27-8-10-32-11-9-27)22(31)24-13-19(28)26-18(21(30)23(2)15-33-23)12-17-6-4-3-5-7-17;1-7-5-3-2-4-6-7/h3-7,16,18H,8-15H2,1-2H3,(H,24,31)(H,25,29)(H,26,28);3,5-6H,2,4H2,1H3/t16?,18?,23-;/m1./s1. The van der Waals surface area contributed by atoms with Gasteiger partial charge in [0.15, 0.2) is 5.78 Å². The van der Waals surface area contributed by atoms with Crippen LogP contribution in [0, 0.1) is 0 Å². The number of morpholine rings is 1. The van der Waals surface area contributed by atoms with Gasteiger partial charge in [-0.15, -0.1) is 0 Å². The van der Waals surface area contributed by atoms with E-state index in [9.17, 15) is 19.2 Å². The number of hydrogen-bond donors (Lipinski definition) is 3. The fourth-order valence-electron chi connectivity index (χ4n) is 4.30. The molecule has 3 aliphatic rings. The van der Waals surface area contributed by atoms with Gasteiger partial charge in [0, 0.05) is 13.1 Å². The average molecular weight is 555 g/mol. The predicted octanol–water partition coefficient (Wildman–Crippen LogP) is 1.31. The quantitative estimate of drug-likeness (QED) is 0.352. The molecule has 2 fully saturated rings. The van der Waals surface area contributed by atoms with Crippen LogP contribution in [0.3, 0.4) is 0 Å². The summed E-state index contributed by atoms with van der Waals surface area (Å²) in [6, 6.07) is 7.80. The second kappa shape index (κ2) is 15.4. The van der Waals surface area contributed by atoms with Crippen molar-refractivity contribution in [3.8, 4) is 0 Å². The number of carbonyl (C=O) groups is 4. The molecule has 2 heterocycles. The fourth-order valence-corrected chi connectivity index (χ4v) is 4.30. The van der Waals surface area contributed by atoms with Gasteiger partial charge in [-0.2, -0.15) is 0 Å². The van der Waals surface area contributed by atoms with E-state index in [0.717, 1.165) is 5.56 Å². The average Bonchev–Trinajstić information content (AvgIpc) is 3.71. The molecular formula is C30H42N4O6. The van der Waals surface area contributed by atoms with Crippen LogP contribution < -0.4 is 16.0 Å². The third kappa shape index (κ3) is 10.7. The molecule has 2 saturated heterocycles. The number of Topliss-reactive ketones (excluding diaryl/α,β-unsaturated/α-hetero) is 1. The molecule has 0 aromatic heterocycles. The van der Waals surface area contributed by atoms with Crippen molar-refractivity contribution in [2.24, 2.45) is 0 Å². The highest BCUT2D eigenvalue weighted by molar-refractivity contribution is 5.97. The smallest absolute Gasteiger partial charge is 0.242 e. The Balaban J connectivity index is 0.000000547. The molecule has 10 nitrogen and oxygen atoms in total. The number of ether oxygens (including phenoxy) is 2. The Morgan fingerprint density at radius 3 is 2.30 bits per heavy atom. The Labute approximate surface area is 236 Å². The first kappa shape index (κ1) is 31.2. The molecule has 2 unspecified atom stereocenters. The van der Waals surface area contributed by atoms with Gasteiger partial charge in [0.25, 0.3) is 0 Å². The topological polar surface area (TPSA) is 129 Å². The molecule has 0 saturated carbocycles. The van der Waals surface area contributed by atoms with Crippen LogP contribution in [-0.4, -0.2) is 92.1 Å². The second-order valence-corrected chi connectivity index (χ2v) is 10.5. The van der Waals surface area contributed by atoms with Crippen molar-refractivity contribution < 1.29 is 28.7 Å². The van der Waals surface area contributed by atoms with E-state index in [1.165, 1.54) is 18.4 Å². The van der Waals surface area contributed by atoms with Crippen LogP contribution in [0.2, 0.25) is 0 Å². The summed E-state index contributed by atoms with van der Waals surface area (Å²) < 4.78 is 10.5. The second-order valence-electron chi connectivity index (χ2n) is 10.5. The molecule has 0 radical (unpaired) electrons. The molecule has 2 aliphatic heterocycles. The first-order chi connectivity index (χ1) is 19.2. The zero-order valence-corrected chi connectivity index (χ0v) is 23.7. The third-order valence-corrected chi connectivity index (χ3v) is 6.88. The van der Waals surface area contributed by atoms with E-state index < -0.39 is 29.5 Å². The minimum Gasteiger partial charge on any atom is -0.379 e. The van der Waals surface area contributed by atoms with Crippen molar-refractivity contribution in [1.29, 1.82) is 0 Å². The minimum absolute atomic E-state index is 0.186. The highest BCUT2D eigenvalue weighted by Crippen LogP contribution is 2.29. The van der Waals surface area contributed by atoms with Crippen LogP contribution in [0.25, 0.3) is 0 Å². The van der Waals surface area contributed by atoms with Crippen molar-refractivity contribution in [3.63, 3.8) is 0 Å². The lowest BCUT2D eigenvalue weighted by Gasteiger charge is -2.26. The molecule has 218 valence electrons. The predicted molar refractivity (Wildman–Crippen MR) is 151 cm³/mol. The van der Waals surface area contributed by atoms with Gasteiger partial charge in [-0.25, -0.2) is 0 Å². The molecule has 40 heavy (non-hydrogen) atoms. The number of allylic oxidation sites excluding steroid dienone is 4. The molecule has 3 amide bonds. The number of rotatable bonds is 11. The normalized spacial score (nSPS) is 21.5. The van der Waals surface area contributed by atoms with E-state index in [0.29, 0.717) is 39.3 Å². The van der Waals surface area contributed by atoms with E-state index >= 15 is 0 Å². The van der Waals surface area contributed by atoms with Gasteiger partial charge in [0.1, 0.15) is 11.6 Å². The van der Waals surface area contributed by atoms with Gasteiger partial charge in [0.05, 0.1) is 39.0 Å².